The first-order valence-electron chi connectivity index (χ1n) is 8.30. The Hall–Kier alpha value is -1.51. The van der Waals surface area contributed by atoms with E-state index < -0.39 is 0 Å². The third kappa shape index (κ3) is 4.48. The number of fused-ring (bicyclic) bond motifs is 1. The SMILES string of the molecule is CCCCNC(=O)[C@@H](CC)Oc1ccc2c(c1)CCCC2. The first-order valence-corrected chi connectivity index (χ1v) is 8.30. The summed E-state index contributed by atoms with van der Waals surface area (Å²) in [5.41, 5.74) is 2.83. The largest absolute Gasteiger partial charge is 0.481 e. The van der Waals surface area contributed by atoms with E-state index in [4.69, 9.17) is 4.74 Å². The maximum atomic E-state index is 12.1. The highest BCUT2D eigenvalue weighted by Gasteiger charge is 2.18. The van der Waals surface area contributed by atoms with Gasteiger partial charge in [-0.3, -0.25) is 4.79 Å². The molecule has 0 bridgehead atoms. The van der Waals surface area contributed by atoms with Crippen LogP contribution >= 0.6 is 0 Å². The van der Waals surface area contributed by atoms with Gasteiger partial charge in [-0.15, -0.1) is 0 Å². The van der Waals surface area contributed by atoms with Crippen molar-refractivity contribution < 1.29 is 9.53 Å². The van der Waals surface area contributed by atoms with Crippen molar-refractivity contribution in [3.63, 3.8) is 0 Å². The van der Waals surface area contributed by atoms with Crippen LogP contribution in [0.15, 0.2) is 18.2 Å². The molecule has 0 unspecified atom stereocenters. The van der Waals surface area contributed by atoms with E-state index in [1.165, 1.54) is 30.4 Å². The molecular weight excluding hydrogens is 262 g/mol. The Morgan fingerprint density at radius 2 is 2.00 bits per heavy atom. The molecule has 1 aromatic carbocycles. The lowest BCUT2D eigenvalue weighted by atomic mass is 9.92. The van der Waals surface area contributed by atoms with E-state index in [1.807, 2.05) is 13.0 Å². The molecule has 1 aromatic rings. The molecule has 0 fully saturated rings. The standard InChI is InChI=1S/C18H27NO2/c1-3-5-12-19-18(20)17(4-2)21-16-11-10-14-8-6-7-9-15(14)13-16/h10-11,13,17H,3-9,12H2,1-2H3,(H,19,20)/t17-/m1/s1. The Labute approximate surface area is 128 Å². The fourth-order valence-corrected chi connectivity index (χ4v) is 2.77. The first-order chi connectivity index (χ1) is 10.2. The van der Waals surface area contributed by atoms with Crippen LogP contribution in [0.4, 0.5) is 0 Å². The predicted molar refractivity (Wildman–Crippen MR) is 85.7 cm³/mol. The average Bonchev–Trinajstić information content (AvgIpc) is 2.52. The van der Waals surface area contributed by atoms with E-state index in [2.05, 4.69) is 24.4 Å². The molecule has 1 aliphatic carbocycles. The number of benzene rings is 1. The van der Waals surface area contributed by atoms with Crippen molar-refractivity contribution in [1.82, 2.24) is 5.32 Å². The molecule has 3 heteroatoms. The highest BCUT2D eigenvalue weighted by atomic mass is 16.5. The van der Waals surface area contributed by atoms with Crippen LogP contribution in [-0.2, 0) is 17.6 Å². The van der Waals surface area contributed by atoms with Crippen LogP contribution in [0.1, 0.15) is 57.1 Å². The number of nitrogens with one attached hydrogen (secondary N) is 1. The number of amides is 1. The molecule has 0 radical (unpaired) electrons. The van der Waals surface area contributed by atoms with E-state index in [0.29, 0.717) is 6.42 Å². The van der Waals surface area contributed by atoms with Gasteiger partial charge in [-0.25, -0.2) is 0 Å². The van der Waals surface area contributed by atoms with Gasteiger partial charge in [-0.2, -0.15) is 0 Å². The van der Waals surface area contributed by atoms with Gasteiger partial charge < -0.3 is 10.1 Å². The molecule has 21 heavy (non-hydrogen) atoms. The number of unbranched alkanes of at least 4 members (excludes halogenated alkanes) is 1. The molecular formula is C18H27NO2. The second kappa shape index (κ2) is 8.06. The zero-order valence-corrected chi connectivity index (χ0v) is 13.3. The summed E-state index contributed by atoms with van der Waals surface area (Å²) < 4.78 is 5.91. The number of ether oxygens (including phenoxy) is 1. The average molecular weight is 289 g/mol. The zero-order chi connectivity index (χ0) is 15.1. The molecule has 3 nitrogen and oxygen atoms in total. The second-order valence-corrected chi connectivity index (χ2v) is 5.80. The Morgan fingerprint density at radius 1 is 1.24 bits per heavy atom. The number of carbonyl (C=O) groups is 1. The molecule has 116 valence electrons. The molecule has 0 heterocycles. The van der Waals surface area contributed by atoms with E-state index in [9.17, 15) is 4.79 Å². The monoisotopic (exact) mass is 289 g/mol. The fraction of sp³-hybridized carbons (Fsp3) is 0.611. The Morgan fingerprint density at radius 3 is 2.71 bits per heavy atom. The zero-order valence-electron chi connectivity index (χ0n) is 13.3. The van der Waals surface area contributed by atoms with E-state index in [0.717, 1.165) is 31.6 Å². The summed E-state index contributed by atoms with van der Waals surface area (Å²) in [4.78, 5) is 12.1. The molecule has 2 rings (SSSR count). The van der Waals surface area contributed by atoms with Gasteiger partial charge in [0.25, 0.3) is 5.91 Å². The van der Waals surface area contributed by atoms with Crippen LogP contribution in [0.2, 0.25) is 0 Å². The van der Waals surface area contributed by atoms with E-state index >= 15 is 0 Å². The summed E-state index contributed by atoms with van der Waals surface area (Å²) in [6.07, 6.45) is 7.24. The van der Waals surface area contributed by atoms with Crippen LogP contribution in [0, 0.1) is 0 Å². The van der Waals surface area contributed by atoms with Crippen LogP contribution in [0.5, 0.6) is 5.75 Å². The number of carbonyl (C=O) groups excluding carboxylic acids is 1. The third-order valence-corrected chi connectivity index (χ3v) is 4.09. The Kier molecular flexibility index (Phi) is 6.09. The van der Waals surface area contributed by atoms with Crippen molar-refractivity contribution in [1.29, 1.82) is 0 Å². The molecule has 0 saturated heterocycles. The van der Waals surface area contributed by atoms with Crippen LogP contribution < -0.4 is 10.1 Å². The number of aryl methyl sites for hydroxylation is 2. The van der Waals surface area contributed by atoms with Gasteiger partial charge in [-0.05, 0) is 61.8 Å². The smallest absolute Gasteiger partial charge is 0.261 e. The van der Waals surface area contributed by atoms with E-state index in [1.54, 1.807) is 0 Å². The molecule has 1 atom stereocenters. The lowest BCUT2D eigenvalue weighted by Gasteiger charge is -2.20. The first kappa shape index (κ1) is 15.9. The second-order valence-electron chi connectivity index (χ2n) is 5.80. The molecule has 1 N–H and O–H groups in total. The molecule has 0 aromatic heterocycles. The van der Waals surface area contributed by atoms with Crippen LogP contribution in [0.3, 0.4) is 0 Å². The fourth-order valence-electron chi connectivity index (χ4n) is 2.77. The summed E-state index contributed by atoms with van der Waals surface area (Å²) >= 11 is 0. The van der Waals surface area contributed by atoms with Gasteiger partial charge in [0.1, 0.15) is 5.75 Å². The minimum atomic E-state index is -0.386. The van der Waals surface area contributed by atoms with Crippen molar-refractivity contribution in [2.24, 2.45) is 0 Å². The lowest BCUT2D eigenvalue weighted by molar-refractivity contribution is -0.128. The van der Waals surface area contributed by atoms with Crippen molar-refractivity contribution in [2.75, 3.05) is 6.54 Å². The number of rotatable bonds is 7. The van der Waals surface area contributed by atoms with Crippen LogP contribution in [0.25, 0.3) is 0 Å². The number of hydrogen-bond donors (Lipinski definition) is 1. The third-order valence-electron chi connectivity index (χ3n) is 4.09. The summed E-state index contributed by atoms with van der Waals surface area (Å²) in [5, 5.41) is 2.95. The van der Waals surface area contributed by atoms with Gasteiger partial charge in [0, 0.05) is 6.54 Å². The maximum Gasteiger partial charge on any atom is 0.261 e. The van der Waals surface area contributed by atoms with Crippen molar-refractivity contribution in [2.45, 2.75) is 64.9 Å². The number of hydrogen-bond acceptors (Lipinski definition) is 2. The van der Waals surface area contributed by atoms with E-state index in [-0.39, 0.29) is 12.0 Å². The van der Waals surface area contributed by atoms with Gasteiger partial charge in [-0.1, -0.05) is 26.3 Å². The summed E-state index contributed by atoms with van der Waals surface area (Å²) in [6, 6.07) is 6.29. The topological polar surface area (TPSA) is 38.3 Å². The lowest BCUT2D eigenvalue weighted by Crippen LogP contribution is -2.38. The van der Waals surface area contributed by atoms with Gasteiger partial charge in [0.15, 0.2) is 6.10 Å². The van der Waals surface area contributed by atoms with Crippen molar-refractivity contribution >= 4 is 5.91 Å². The molecule has 0 spiro atoms. The van der Waals surface area contributed by atoms with Gasteiger partial charge >= 0.3 is 0 Å². The predicted octanol–water partition coefficient (Wildman–Crippen LogP) is 3.64. The maximum absolute atomic E-state index is 12.1. The minimum absolute atomic E-state index is 0.00340. The van der Waals surface area contributed by atoms with Crippen molar-refractivity contribution in [3.05, 3.63) is 29.3 Å². The summed E-state index contributed by atoms with van der Waals surface area (Å²) in [6.45, 7) is 4.84. The van der Waals surface area contributed by atoms with Crippen molar-refractivity contribution in [3.8, 4) is 5.75 Å². The Bertz CT molecular complexity index is 470. The summed E-state index contributed by atoms with van der Waals surface area (Å²) in [7, 11) is 0. The van der Waals surface area contributed by atoms with Gasteiger partial charge in [0.2, 0.25) is 0 Å². The molecule has 0 aliphatic heterocycles. The highest BCUT2D eigenvalue weighted by Crippen LogP contribution is 2.26. The molecule has 1 aliphatic rings. The highest BCUT2D eigenvalue weighted by molar-refractivity contribution is 5.81. The quantitative estimate of drug-likeness (QED) is 0.778. The molecule has 0 saturated carbocycles. The van der Waals surface area contributed by atoms with Crippen LogP contribution in [-0.4, -0.2) is 18.6 Å². The summed E-state index contributed by atoms with van der Waals surface area (Å²) in [5.74, 6) is 0.830. The molecule has 1 amide bonds. The minimum Gasteiger partial charge on any atom is -0.481 e. The Balaban J connectivity index is 1.96. The normalized spacial score (nSPS) is 15.1. The van der Waals surface area contributed by atoms with Gasteiger partial charge in [0.05, 0.1) is 0 Å².